The van der Waals surface area contributed by atoms with E-state index in [1.165, 1.54) is 12.1 Å². The molecule has 30 heavy (non-hydrogen) atoms. The van der Waals surface area contributed by atoms with Gasteiger partial charge in [-0.2, -0.15) is 4.31 Å². The topological polar surface area (TPSA) is 107 Å². The number of β-amino-alcohol motifs (C(OH)–C–C–N with tert-alkyl or cyclic N) is 1. The van der Waals surface area contributed by atoms with Gasteiger partial charge in [0.25, 0.3) is 0 Å². The number of rotatable bonds is 6. The quantitative estimate of drug-likeness (QED) is 0.634. The molecule has 0 bridgehead atoms. The van der Waals surface area contributed by atoms with Crippen LogP contribution in [0.3, 0.4) is 0 Å². The Morgan fingerprint density at radius 3 is 2.30 bits per heavy atom. The fourth-order valence-corrected chi connectivity index (χ4v) is 5.24. The summed E-state index contributed by atoms with van der Waals surface area (Å²) in [5.74, 6) is 0. The molecule has 0 radical (unpaired) electrons. The summed E-state index contributed by atoms with van der Waals surface area (Å²) < 4.78 is 33.7. The standard InChI is InChI=1S/C22H29NO6S/c1-16-7-9-20(10-8-16)30(27,28)23-13-22(26)21(25)12-19(24)11-18(23)15-29-14-17-5-3-2-4-6-17/h2-10,18-19,21-22,24-26H,11-15H2,1H3/t18-,19+,21-,22+/m0/s1. The number of hydrogen-bond donors (Lipinski definition) is 3. The molecule has 8 heteroatoms. The first-order chi connectivity index (χ1) is 14.3. The Kier molecular flexibility index (Phi) is 7.62. The lowest BCUT2D eigenvalue weighted by Gasteiger charge is -2.37. The zero-order chi connectivity index (χ0) is 21.7. The highest BCUT2D eigenvalue weighted by atomic mass is 32.2. The lowest BCUT2D eigenvalue weighted by atomic mass is 9.98. The summed E-state index contributed by atoms with van der Waals surface area (Å²) in [5.41, 5.74) is 1.88. The third kappa shape index (κ3) is 5.66. The molecule has 1 aliphatic heterocycles. The molecule has 0 aliphatic carbocycles. The second-order valence-electron chi connectivity index (χ2n) is 7.80. The molecule has 1 heterocycles. The van der Waals surface area contributed by atoms with Crippen molar-refractivity contribution in [2.24, 2.45) is 0 Å². The first-order valence-electron chi connectivity index (χ1n) is 10.0. The van der Waals surface area contributed by atoms with Crippen LogP contribution in [0.2, 0.25) is 0 Å². The monoisotopic (exact) mass is 435 g/mol. The van der Waals surface area contributed by atoms with Crippen molar-refractivity contribution < 1.29 is 28.5 Å². The lowest BCUT2D eigenvalue weighted by molar-refractivity contribution is -0.0512. The highest BCUT2D eigenvalue weighted by Gasteiger charge is 2.38. The largest absolute Gasteiger partial charge is 0.393 e. The minimum absolute atomic E-state index is 0.0191. The van der Waals surface area contributed by atoms with E-state index in [4.69, 9.17) is 4.74 Å². The summed E-state index contributed by atoms with van der Waals surface area (Å²) in [4.78, 5) is 0.0953. The molecule has 4 atom stereocenters. The van der Waals surface area contributed by atoms with Crippen molar-refractivity contribution in [2.75, 3.05) is 13.2 Å². The maximum atomic E-state index is 13.4. The second-order valence-corrected chi connectivity index (χ2v) is 9.69. The molecule has 0 aromatic heterocycles. The molecule has 7 nitrogen and oxygen atoms in total. The molecule has 1 fully saturated rings. The van der Waals surface area contributed by atoms with Gasteiger partial charge in [0.1, 0.15) is 0 Å². The summed E-state index contributed by atoms with van der Waals surface area (Å²) in [7, 11) is -3.97. The Balaban J connectivity index is 1.85. The fraction of sp³-hybridized carbons (Fsp3) is 0.455. The van der Waals surface area contributed by atoms with Gasteiger partial charge in [-0.1, -0.05) is 48.0 Å². The zero-order valence-electron chi connectivity index (χ0n) is 17.0. The average molecular weight is 436 g/mol. The predicted octanol–water partition coefficient (Wildman–Crippen LogP) is 1.45. The van der Waals surface area contributed by atoms with Crippen molar-refractivity contribution in [3.05, 3.63) is 65.7 Å². The molecular formula is C22H29NO6S. The summed E-state index contributed by atoms with van der Waals surface area (Å²) in [6.45, 7) is 1.95. The van der Waals surface area contributed by atoms with Crippen LogP contribution in [0.25, 0.3) is 0 Å². The number of aryl methyl sites for hydroxylation is 1. The Morgan fingerprint density at radius 1 is 0.967 bits per heavy atom. The summed E-state index contributed by atoms with van der Waals surface area (Å²) >= 11 is 0. The minimum Gasteiger partial charge on any atom is -0.393 e. The van der Waals surface area contributed by atoms with Gasteiger partial charge in [-0.25, -0.2) is 8.42 Å². The first-order valence-corrected chi connectivity index (χ1v) is 11.5. The molecule has 0 amide bonds. The molecule has 2 aromatic carbocycles. The molecule has 164 valence electrons. The molecule has 0 unspecified atom stereocenters. The normalized spacial score (nSPS) is 26.1. The van der Waals surface area contributed by atoms with Gasteiger partial charge in [-0.3, -0.25) is 0 Å². The summed E-state index contributed by atoms with van der Waals surface area (Å²) in [5, 5.41) is 30.8. The molecule has 1 saturated heterocycles. The van der Waals surface area contributed by atoms with Gasteiger partial charge < -0.3 is 20.1 Å². The van der Waals surface area contributed by atoms with E-state index in [9.17, 15) is 23.7 Å². The van der Waals surface area contributed by atoms with Crippen molar-refractivity contribution >= 4 is 10.0 Å². The van der Waals surface area contributed by atoms with Crippen LogP contribution in [0.1, 0.15) is 24.0 Å². The molecule has 2 aromatic rings. The summed E-state index contributed by atoms with van der Waals surface area (Å²) in [6, 6.07) is 15.3. The Hall–Kier alpha value is -1.81. The molecule has 0 spiro atoms. The van der Waals surface area contributed by atoms with Crippen molar-refractivity contribution in [1.82, 2.24) is 4.31 Å². The maximum Gasteiger partial charge on any atom is 0.243 e. The van der Waals surface area contributed by atoms with Crippen LogP contribution >= 0.6 is 0 Å². The van der Waals surface area contributed by atoms with Gasteiger partial charge >= 0.3 is 0 Å². The van der Waals surface area contributed by atoms with Crippen molar-refractivity contribution in [3.8, 4) is 0 Å². The van der Waals surface area contributed by atoms with E-state index in [0.717, 1.165) is 15.4 Å². The highest BCUT2D eigenvalue weighted by molar-refractivity contribution is 7.89. The number of nitrogens with zero attached hydrogens (tertiary/aromatic N) is 1. The fourth-order valence-electron chi connectivity index (χ4n) is 3.60. The van der Waals surface area contributed by atoms with Gasteiger partial charge in [-0.15, -0.1) is 0 Å². The minimum atomic E-state index is -3.97. The molecule has 0 saturated carbocycles. The predicted molar refractivity (Wildman–Crippen MR) is 112 cm³/mol. The average Bonchev–Trinajstić information content (AvgIpc) is 2.71. The zero-order valence-corrected chi connectivity index (χ0v) is 17.8. The van der Waals surface area contributed by atoms with Crippen LogP contribution in [-0.2, 0) is 21.4 Å². The van der Waals surface area contributed by atoms with Gasteiger partial charge in [0.15, 0.2) is 0 Å². The Labute approximate surface area is 177 Å². The third-order valence-electron chi connectivity index (χ3n) is 5.33. The van der Waals surface area contributed by atoms with Gasteiger partial charge in [0.05, 0.1) is 42.5 Å². The third-order valence-corrected chi connectivity index (χ3v) is 7.26. The van der Waals surface area contributed by atoms with Gasteiger partial charge in [0.2, 0.25) is 10.0 Å². The number of benzene rings is 2. The Morgan fingerprint density at radius 2 is 1.63 bits per heavy atom. The van der Waals surface area contributed by atoms with E-state index in [1.807, 2.05) is 37.3 Å². The molecular weight excluding hydrogens is 406 g/mol. The molecule has 3 rings (SSSR count). The van der Waals surface area contributed by atoms with Crippen LogP contribution in [0.15, 0.2) is 59.5 Å². The smallest absolute Gasteiger partial charge is 0.243 e. The van der Waals surface area contributed by atoms with Crippen LogP contribution < -0.4 is 0 Å². The van der Waals surface area contributed by atoms with Crippen molar-refractivity contribution in [2.45, 2.75) is 55.6 Å². The van der Waals surface area contributed by atoms with Crippen molar-refractivity contribution in [1.29, 1.82) is 0 Å². The number of sulfonamides is 1. The van der Waals surface area contributed by atoms with Crippen molar-refractivity contribution in [3.63, 3.8) is 0 Å². The van der Waals surface area contributed by atoms with E-state index >= 15 is 0 Å². The molecule has 3 N–H and O–H groups in total. The maximum absolute atomic E-state index is 13.4. The van der Waals surface area contributed by atoms with Crippen LogP contribution in [-0.4, -0.2) is 65.5 Å². The SMILES string of the molecule is Cc1ccc(S(=O)(=O)N2C[C@@H](O)[C@@H](O)C[C@H](O)C[C@H]2COCc2ccccc2)cc1. The highest BCUT2D eigenvalue weighted by Crippen LogP contribution is 2.26. The number of ether oxygens (including phenoxy) is 1. The van der Waals surface area contributed by atoms with E-state index < -0.39 is 34.4 Å². The second kappa shape index (κ2) is 10.00. The van der Waals surface area contributed by atoms with Gasteiger partial charge in [0, 0.05) is 13.0 Å². The van der Waals surface area contributed by atoms with Crippen LogP contribution in [0.5, 0.6) is 0 Å². The van der Waals surface area contributed by atoms with E-state index in [2.05, 4.69) is 0 Å². The molecule has 1 aliphatic rings. The first kappa shape index (κ1) is 22.9. The van der Waals surface area contributed by atoms with E-state index in [1.54, 1.807) is 12.1 Å². The van der Waals surface area contributed by atoms with Crippen LogP contribution in [0, 0.1) is 6.92 Å². The van der Waals surface area contributed by atoms with Crippen LogP contribution in [0.4, 0.5) is 0 Å². The van der Waals surface area contributed by atoms with Gasteiger partial charge in [-0.05, 0) is 31.0 Å². The Bertz CT molecular complexity index is 903. The lowest BCUT2D eigenvalue weighted by Crippen LogP contribution is -2.52. The number of aliphatic hydroxyl groups is 3. The number of hydrogen-bond acceptors (Lipinski definition) is 6. The van der Waals surface area contributed by atoms with E-state index in [-0.39, 0.29) is 30.9 Å². The summed E-state index contributed by atoms with van der Waals surface area (Å²) in [6.07, 6.45) is -3.40. The number of aliphatic hydroxyl groups excluding tert-OH is 3. The van der Waals surface area contributed by atoms with E-state index in [0.29, 0.717) is 6.61 Å².